The number of anilines is 1. The Balaban J connectivity index is 1.72. The summed E-state index contributed by atoms with van der Waals surface area (Å²) in [4.78, 5) is 16.1. The van der Waals surface area contributed by atoms with Crippen molar-refractivity contribution in [3.05, 3.63) is 65.9 Å². The Morgan fingerprint density at radius 2 is 1.96 bits per heavy atom. The highest BCUT2D eigenvalue weighted by Crippen LogP contribution is 2.23. The van der Waals surface area contributed by atoms with Crippen LogP contribution in [0.15, 0.2) is 54.7 Å². The van der Waals surface area contributed by atoms with Gasteiger partial charge in [-0.05, 0) is 17.7 Å². The zero-order valence-corrected chi connectivity index (χ0v) is 15.0. The van der Waals surface area contributed by atoms with Gasteiger partial charge >= 0.3 is 0 Å². The fourth-order valence-corrected chi connectivity index (χ4v) is 2.86. The van der Waals surface area contributed by atoms with Gasteiger partial charge in [0.15, 0.2) is 5.82 Å². The third kappa shape index (κ3) is 3.20. The summed E-state index contributed by atoms with van der Waals surface area (Å²) in [6, 6.07) is 15.1. The topological polar surface area (TPSA) is 121 Å². The molecule has 0 saturated heterocycles. The van der Waals surface area contributed by atoms with Gasteiger partial charge in [-0.15, -0.1) is 10.2 Å². The van der Waals surface area contributed by atoms with Crippen LogP contribution in [0.3, 0.4) is 0 Å². The quantitative estimate of drug-likeness (QED) is 0.528. The highest BCUT2D eigenvalue weighted by atomic mass is 16.5. The molecule has 3 N–H and O–H groups in total. The molecule has 0 spiro atoms. The van der Waals surface area contributed by atoms with Crippen molar-refractivity contribution < 1.29 is 9.53 Å². The molecule has 2 aromatic heterocycles. The van der Waals surface area contributed by atoms with Crippen LogP contribution in [0.2, 0.25) is 0 Å². The van der Waals surface area contributed by atoms with Crippen molar-refractivity contribution in [3.8, 4) is 11.8 Å². The number of nitrogens with one attached hydrogen (secondary N) is 1. The zero-order valence-electron chi connectivity index (χ0n) is 15.0. The third-order valence-electron chi connectivity index (χ3n) is 4.21. The van der Waals surface area contributed by atoms with Crippen LogP contribution in [0.1, 0.15) is 15.9 Å². The van der Waals surface area contributed by atoms with Crippen LogP contribution in [0.5, 0.6) is 5.88 Å². The molecule has 0 aliphatic rings. The number of ether oxygens (including phenoxy) is 1. The molecule has 2 aromatic carbocycles. The number of hydrogen-bond donors (Lipinski definition) is 2. The highest BCUT2D eigenvalue weighted by molar-refractivity contribution is 6.05. The van der Waals surface area contributed by atoms with E-state index in [4.69, 9.17) is 10.5 Å². The first kappa shape index (κ1) is 17.4. The Bertz CT molecular complexity index is 1140. The van der Waals surface area contributed by atoms with E-state index in [1.807, 2.05) is 30.3 Å². The number of amides is 1. The lowest BCUT2D eigenvalue weighted by atomic mass is 10.1. The van der Waals surface area contributed by atoms with Crippen LogP contribution < -0.4 is 15.8 Å². The lowest BCUT2D eigenvalue weighted by Gasteiger charge is -2.10. The average molecular weight is 375 g/mol. The molecule has 2 heterocycles. The number of fused-ring (bicyclic) bond motifs is 1. The first-order chi connectivity index (χ1) is 13.7. The van der Waals surface area contributed by atoms with Crippen molar-refractivity contribution in [1.29, 1.82) is 0 Å². The first-order valence-electron chi connectivity index (χ1n) is 8.51. The SMILES string of the molecule is COc1nnc(-n2ncc3c(C(N)=O)cccc32)nc1NCc1ccccc1. The Kier molecular flexibility index (Phi) is 4.55. The summed E-state index contributed by atoms with van der Waals surface area (Å²) >= 11 is 0. The third-order valence-corrected chi connectivity index (χ3v) is 4.21. The molecule has 9 heteroatoms. The molecule has 28 heavy (non-hydrogen) atoms. The molecule has 140 valence electrons. The number of benzene rings is 2. The van der Waals surface area contributed by atoms with Gasteiger partial charge in [0.2, 0.25) is 5.91 Å². The van der Waals surface area contributed by atoms with Crippen LogP contribution in [-0.4, -0.2) is 38.0 Å². The molecule has 4 rings (SSSR count). The molecule has 0 unspecified atom stereocenters. The molecule has 0 aliphatic heterocycles. The Morgan fingerprint density at radius 3 is 2.71 bits per heavy atom. The number of hydrogen-bond acceptors (Lipinski definition) is 7. The van der Waals surface area contributed by atoms with E-state index in [-0.39, 0.29) is 11.8 Å². The van der Waals surface area contributed by atoms with E-state index < -0.39 is 5.91 Å². The molecule has 0 bridgehead atoms. The number of rotatable bonds is 6. The number of carbonyl (C=O) groups is 1. The number of nitrogens with zero attached hydrogens (tertiary/aromatic N) is 5. The molecule has 9 nitrogen and oxygen atoms in total. The van der Waals surface area contributed by atoms with E-state index in [1.54, 1.807) is 24.4 Å². The number of nitrogens with two attached hydrogens (primary N) is 1. The number of methoxy groups -OCH3 is 1. The Morgan fingerprint density at radius 1 is 1.14 bits per heavy atom. The molecular weight excluding hydrogens is 358 g/mol. The average Bonchev–Trinajstić information content (AvgIpc) is 3.17. The molecule has 4 aromatic rings. The predicted molar refractivity (Wildman–Crippen MR) is 103 cm³/mol. The predicted octanol–water partition coefficient (Wildman–Crippen LogP) is 1.93. The largest absolute Gasteiger partial charge is 0.477 e. The van der Waals surface area contributed by atoms with Crippen LogP contribution >= 0.6 is 0 Å². The molecule has 1 amide bonds. The minimum atomic E-state index is -0.524. The lowest BCUT2D eigenvalue weighted by molar-refractivity contribution is 0.100. The maximum absolute atomic E-state index is 11.6. The second-order valence-electron chi connectivity index (χ2n) is 5.97. The highest BCUT2D eigenvalue weighted by Gasteiger charge is 2.16. The van der Waals surface area contributed by atoms with E-state index >= 15 is 0 Å². The van der Waals surface area contributed by atoms with E-state index in [9.17, 15) is 4.79 Å². The van der Waals surface area contributed by atoms with Crippen molar-refractivity contribution in [1.82, 2.24) is 25.0 Å². The maximum atomic E-state index is 11.6. The minimum absolute atomic E-state index is 0.244. The van der Waals surface area contributed by atoms with Gasteiger partial charge < -0.3 is 15.8 Å². The van der Waals surface area contributed by atoms with Crippen LogP contribution in [-0.2, 0) is 6.54 Å². The molecular formula is C19H17N7O2. The zero-order chi connectivity index (χ0) is 19.5. The fraction of sp³-hybridized carbons (Fsp3) is 0.105. The van der Waals surface area contributed by atoms with E-state index in [0.717, 1.165) is 5.56 Å². The van der Waals surface area contributed by atoms with Crippen molar-refractivity contribution in [3.63, 3.8) is 0 Å². The van der Waals surface area contributed by atoms with E-state index in [2.05, 4.69) is 25.6 Å². The summed E-state index contributed by atoms with van der Waals surface area (Å²) in [7, 11) is 1.50. The second kappa shape index (κ2) is 7.31. The summed E-state index contributed by atoms with van der Waals surface area (Å²) in [5.41, 5.74) is 7.55. The van der Waals surface area contributed by atoms with Gasteiger partial charge in [-0.1, -0.05) is 36.4 Å². The first-order valence-corrected chi connectivity index (χ1v) is 8.51. The van der Waals surface area contributed by atoms with Crippen LogP contribution in [0.4, 0.5) is 5.82 Å². The molecule has 0 aliphatic carbocycles. The smallest absolute Gasteiger partial charge is 0.276 e. The van der Waals surface area contributed by atoms with Gasteiger partial charge in [-0.2, -0.15) is 14.8 Å². The summed E-state index contributed by atoms with van der Waals surface area (Å²) in [6.07, 6.45) is 1.56. The van der Waals surface area contributed by atoms with Crippen LogP contribution in [0.25, 0.3) is 16.9 Å². The monoisotopic (exact) mass is 375 g/mol. The van der Waals surface area contributed by atoms with Crippen LogP contribution in [0, 0.1) is 0 Å². The van der Waals surface area contributed by atoms with Crippen molar-refractivity contribution >= 4 is 22.6 Å². The second-order valence-corrected chi connectivity index (χ2v) is 5.97. The Hall–Kier alpha value is -4.01. The fourth-order valence-electron chi connectivity index (χ4n) is 2.86. The van der Waals surface area contributed by atoms with Gasteiger partial charge in [-0.25, -0.2) is 0 Å². The van der Waals surface area contributed by atoms with Gasteiger partial charge in [0, 0.05) is 11.9 Å². The summed E-state index contributed by atoms with van der Waals surface area (Å²) in [6.45, 7) is 0.543. The summed E-state index contributed by atoms with van der Waals surface area (Å²) < 4.78 is 6.76. The van der Waals surface area contributed by atoms with Gasteiger partial charge in [0.25, 0.3) is 11.8 Å². The van der Waals surface area contributed by atoms with Crippen molar-refractivity contribution in [2.24, 2.45) is 5.73 Å². The van der Waals surface area contributed by atoms with Gasteiger partial charge in [0.05, 0.1) is 24.4 Å². The van der Waals surface area contributed by atoms with Gasteiger partial charge in [0.1, 0.15) is 0 Å². The lowest BCUT2D eigenvalue weighted by Crippen LogP contribution is -2.12. The summed E-state index contributed by atoms with van der Waals surface area (Å²) in [5.74, 6) is 0.428. The standard InChI is InChI=1S/C19H17N7O2/c1-28-18-17(21-10-12-6-3-2-4-7-12)23-19(25-24-18)26-15-9-5-8-13(16(20)27)14(15)11-22-26/h2-9,11H,10H2,1H3,(H2,20,27)(H,21,23,25). The maximum Gasteiger partial charge on any atom is 0.276 e. The van der Waals surface area contributed by atoms with Gasteiger partial charge in [-0.3, -0.25) is 4.79 Å². The van der Waals surface area contributed by atoms with Crippen molar-refractivity contribution in [2.75, 3.05) is 12.4 Å². The van der Waals surface area contributed by atoms with E-state index in [1.165, 1.54) is 11.8 Å². The number of carbonyl (C=O) groups excluding carboxylic acids is 1. The number of aromatic nitrogens is 5. The Labute approximate surface area is 160 Å². The van der Waals surface area contributed by atoms with E-state index in [0.29, 0.717) is 28.8 Å². The summed E-state index contributed by atoms with van der Waals surface area (Å²) in [5, 5.41) is 16.3. The normalized spacial score (nSPS) is 10.8. The molecule has 0 saturated carbocycles. The number of primary amides is 1. The minimum Gasteiger partial charge on any atom is -0.477 e. The molecule has 0 fully saturated rings. The molecule has 0 radical (unpaired) electrons. The molecule has 0 atom stereocenters. The van der Waals surface area contributed by atoms with Crippen molar-refractivity contribution in [2.45, 2.75) is 6.54 Å².